The lowest BCUT2D eigenvalue weighted by Crippen LogP contribution is -2.33. The van der Waals surface area contributed by atoms with Crippen molar-refractivity contribution in [1.82, 2.24) is 15.5 Å². The molecule has 0 spiro atoms. The molecular weight excluding hydrogens is 344 g/mol. The van der Waals surface area contributed by atoms with Crippen LogP contribution in [0.25, 0.3) is 0 Å². The maximum Gasteiger partial charge on any atom is 0.230 e. The lowest BCUT2D eigenvalue weighted by molar-refractivity contribution is -0.119. The number of hydrogen-bond donors (Lipinski definition) is 2. The van der Waals surface area contributed by atoms with Crippen molar-refractivity contribution in [2.45, 2.75) is 37.1 Å². The first kappa shape index (κ1) is 18.5. The lowest BCUT2D eigenvalue weighted by atomic mass is 10.2. The third-order valence-electron chi connectivity index (χ3n) is 3.18. The highest BCUT2D eigenvalue weighted by molar-refractivity contribution is 8.01. The van der Waals surface area contributed by atoms with Crippen molar-refractivity contribution in [2.75, 3.05) is 18.2 Å². The number of nitrogens with one attached hydrogen (secondary N) is 2. The summed E-state index contributed by atoms with van der Waals surface area (Å²) in [5, 5.41) is 15.0. The minimum absolute atomic E-state index is 0.0263. The van der Waals surface area contributed by atoms with Crippen LogP contribution in [0.1, 0.15) is 26.7 Å². The Kier molecular flexibility index (Phi) is 7.33. The molecule has 0 saturated heterocycles. The van der Waals surface area contributed by atoms with Gasteiger partial charge in [0.25, 0.3) is 0 Å². The fourth-order valence-electron chi connectivity index (χ4n) is 2.09. The summed E-state index contributed by atoms with van der Waals surface area (Å²) in [5.41, 5.74) is 0.883. The minimum atomic E-state index is 0.0263. The fourth-order valence-corrected chi connectivity index (χ4v) is 3.68. The van der Waals surface area contributed by atoms with Gasteiger partial charge in [-0.05, 0) is 25.5 Å². The van der Waals surface area contributed by atoms with E-state index in [-0.39, 0.29) is 11.9 Å². The maximum absolute atomic E-state index is 11.9. The third kappa shape index (κ3) is 6.01. The van der Waals surface area contributed by atoms with Gasteiger partial charge in [0.15, 0.2) is 4.34 Å². The summed E-state index contributed by atoms with van der Waals surface area (Å²) in [4.78, 5) is 11.9. The number of carbonyl (C=O) groups is 1. The van der Waals surface area contributed by atoms with E-state index >= 15 is 0 Å². The van der Waals surface area contributed by atoms with E-state index in [4.69, 9.17) is 4.74 Å². The smallest absolute Gasteiger partial charge is 0.230 e. The van der Waals surface area contributed by atoms with Crippen molar-refractivity contribution >= 4 is 39.8 Å². The van der Waals surface area contributed by atoms with Crippen molar-refractivity contribution in [2.24, 2.45) is 0 Å². The van der Waals surface area contributed by atoms with Crippen LogP contribution in [0.4, 0.5) is 10.8 Å². The molecule has 0 aliphatic carbocycles. The van der Waals surface area contributed by atoms with Gasteiger partial charge in [-0.1, -0.05) is 42.5 Å². The molecule has 0 aliphatic rings. The Morgan fingerprint density at radius 2 is 2.25 bits per heavy atom. The van der Waals surface area contributed by atoms with Crippen LogP contribution in [0, 0.1) is 0 Å². The molecule has 0 saturated carbocycles. The predicted octanol–water partition coefficient (Wildman–Crippen LogP) is 3.69. The summed E-state index contributed by atoms with van der Waals surface area (Å²) in [6.45, 7) is 4.13. The van der Waals surface area contributed by atoms with Gasteiger partial charge < -0.3 is 15.4 Å². The van der Waals surface area contributed by atoms with Crippen LogP contribution >= 0.6 is 23.1 Å². The molecule has 0 unspecified atom stereocenters. The molecule has 1 atom stereocenters. The Labute approximate surface area is 150 Å². The van der Waals surface area contributed by atoms with Crippen LogP contribution < -0.4 is 15.4 Å². The van der Waals surface area contributed by atoms with Crippen molar-refractivity contribution in [3.63, 3.8) is 0 Å². The van der Waals surface area contributed by atoms with Gasteiger partial charge in [0, 0.05) is 17.8 Å². The van der Waals surface area contributed by atoms with Crippen molar-refractivity contribution < 1.29 is 9.53 Å². The molecule has 24 heavy (non-hydrogen) atoms. The van der Waals surface area contributed by atoms with Crippen LogP contribution in [-0.4, -0.2) is 35.0 Å². The molecule has 1 aromatic carbocycles. The molecule has 6 nitrogen and oxygen atoms in total. The number of ether oxygens (including phenoxy) is 1. The van der Waals surface area contributed by atoms with E-state index < -0.39 is 0 Å². The van der Waals surface area contributed by atoms with Crippen LogP contribution in [0.15, 0.2) is 28.6 Å². The number of methoxy groups -OCH3 is 1. The van der Waals surface area contributed by atoms with Crippen LogP contribution in [0.3, 0.4) is 0 Å². The number of rotatable bonds is 9. The topological polar surface area (TPSA) is 76.1 Å². The molecule has 0 aliphatic heterocycles. The number of aromatic nitrogens is 2. The largest absolute Gasteiger partial charge is 0.497 e. The Morgan fingerprint density at radius 3 is 3.00 bits per heavy atom. The highest BCUT2D eigenvalue weighted by atomic mass is 32.2. The van der Waals surface area contributed by atoms with Gasteiger partial charge in [0.05, 0.1) is 12.9 Å². The van der Waals surface area contributed by atoms with Crippen molar-refractivity contribution in [3.05, 3.63) is 24.3 Å². The molecule has 8 heteroatoms. The van der Waals surface area contributed by atoms with Gasteiger partial charge in [0.1, 0.15) is 5.75 Å². The summed E-state index contributed by atoms with van der Waals surface area (Å²) in [6, 6.07) is 7.81. The molecule has 1 amide bonds. The molecule has 0 bridgehead atoms. The molecule has 2 N–H and O–H groups in total. The standard InChI is InChI=1S/C16H22N4O2S2/c1-4-6-11(2)17-14(21)10-23-16-20-19-15(24-16)18-12-7-5-8-13(9-12)22-3/h5,7-9,11H,4,6,10H2,1-3H3,(H,17,21)(H,18,19)/t11-/m0/s1. The van der Waals surface area contributed by atoms with E-state index in [9.17, 15) is 4.79 Å². The van der Waals surface area contributed by atoms with E-state index in [1.807, 2.05) is 31.2 Å². The van der Waals surface area contributed by atoms with Gasteiger partial charge in [-0.2, -0.15) is 0 Å². The summed E-state index contributed by atoms with van der Waals surface area (Å²) < 4.78 is 5.95. The quantitative estimate of drug-likeness (QED) is 0.659. The van der Waals surface area contributed by atoms with Crippen LogP contribution in [0.5, 0.6) is 5.75 Å². The van der Waals surface area contributed by atoms with Crippen molar-refractivity contribution in [1.29, 1.82) is 0 Å². The van der Waals surface area contributed by atoms with E-state index in [0.717, 1.165) is 28.6 Å². The summed E-state index contributed by atoms with van der Waals surface area (Å²) in [6.07, 6.45) is 2.05. The zero-order valence-electron chi connectivity index (χ0n) is 14.0. The zero-order valence-corrected chi connectivity index (χ0v) is 15.7. The first-order valence-electron chi connectivity index (χ1n) is 7.77. The number of hydrogen-bond acceptors (Lipinski definition) is 7. The Balaban J connectivity index is 1.83. The normalized spacial score (nSPS) is 11.8. The summed E-state index contributed by atoms with van der Waals surface area (Å²) in [7, 11) is 1.63. The van der Waals surface area contributed by atoms with E-state index in [1.165, 1.54) is 23.1 Å². The monoisotopic (exact) mass is 366 g/mol. The Morgan fingerprint density at radius 1 is 1.42 bits per heavy atom. The van der Waals surface area contributed by atoms with Crippen molar-refractivity contribution in [3.8, 4) is 5.75 Å². The van der Waals surface area contributed by atoms with E-state index in [2.05, 4.69) is 27.8 Å². The Hall–Kier alpha value is -1.80. The molecule has 0 radical (unpaired) electrons. The second kappa shape index (κ2) is 9.48. The third-order valence-corrected chi connectivity index (χ3v) is 5.16. The maximum atomic E-state index is 11.9. The van der Waals surface area contributed by atoms with Gasteiger partial charge in [-0.15, -0.1) is 10.2 Å². The lowest BCUT2D eigenvalue weighted by Gasteiger charge is -2.11. The molecule has 2 aromatic rings. The first-order chi connectivity index (χ1) is 11.6. The average Bonchev–Trinajstić information content (AvgIpc) is 3.01. The van der Waals surface area contributed by atoms with Crippen LogP contribution in [-0.2, 0) is 4.79 Å². The number of nitrogens with zero attached hydrogens (tertiary/aromatic N) is 2. The molecular formula is C16H22N4O2S2. The highest BCUT2D eigenvalue weighted by Crippen LogP contribution is 2.28. The molecule has 1 aromatic heterocycles. The summed E-state index contributed by atoms with van der Waals surface area (Å²) in [5.74, 6) is 1.15. The van der Waals surface area contributed by atoms with Gasteiger partial charge in [-0.3, -0.25) is 4.79 Å². The predicted molar refractivity (Wildman–Crippen MR) is 99.4 cm³/mol. The molecule has 0 fully saturated rings. The number of carbonyl (C=O) groups excluding carboxylic acids is 1. The fraction of sp³-hybridized carbons (Fsp3) is 0.438. The molecule has 2 rings (SSSR count). The van der Waals surface area contributed by atoms with E-state index in [1.54, 1.807) is 7.11 Å². The van der Waals surface area contributed by atoms with E-state index in [0.29, 0.717) is 10.9 Å². The SMILES string of the molecule is CCC[C@H](C)NC(=O)CSc1nnc(Nc2cccc(OC)c2)s1. The van der Waals surface area contributed by atoms with Crippen LogP contribution in [0.2, 0.25) is 0 Å². The molecule has 1 heterocycles. The second-order valence-corrected chi connectivity index (χ2v) is 7.48. The highest BCUT2D eigenvalue weighted by Gasteiger charge is 2.10. The number of thioether (sulfide) groups is 1. The minimum Gasteiger partial charge on any atom is -0.497 e. The summed E-state index contributed by atoms with van der Waals surface area (Å²) >= 11 is 2.82. The second-order valence-electron chi connectivity index (χ2n) is 5.28. The van der Waals surface area contributed by atoms with Gasteiger partial charge in [-0.25, -0.2) is 0 Å². The van der Waals surface area contributed by atoms with Gasteiger partial charge >= 0.3 is 0 Å². The number of benzene rings is 1. The number of amides is 1. The zero-order chi connectivity index (χ0) is 17.4. The molecule has 130 valence electrons. The first-order valence-corrected chi connectivity index (χ1v) is 9.57. The Bertz CT molecular complexity index is 663. The number of anilines is 2. The average molecular weight is 367 g/mol. The van der Waals surface area contributed by atoms with Gasteiger partial charge in [0.2, 0.25) is 11.0 Å².